The molecule has 5 unspecified atom stereocenters. The van der Waals surface area contributed by atoms with E-state index in [2.05, 4.69) is 26.3 Å². The highest BCUT2D eigenvalue weighted by Crippen LogP contribution is 2.24. The zero-order valence-corrected chi connectivity index (χ0v) is 34.0. The number of nitrogens with zero attached hydrogens (tertiary/aromatic N) is 1. The van der Waals surface area contributed by atoms with Gasteiger partial charge < -0.3 is 35.8 Å². The average Bonchev–Trinajstić information content (AvgIpc) is 3.18. The van der Waals surface area contributed by atoms with Crippen LogP contribution in [0.4, 0.5) is 4.79 Å². The Morgan fingerprint density at radius 1 is 0.667 bits per heavy atom. The second kappa shape index (κ2) is 20.4. The quantitative estimate of drug-likeness (QED) is 0.0919. The number of amides is 4. The molecular formula is C45H57N5O7. The summed E-state index contributed by atoms with van der Waals surface area (Å²) in [6.07, 6.45) is 0.458. The lowest BCUT2D eigenvalue weighted by atomic mass is 9.85. The molecule has 3 aromatic carbocycles. The van der Waals surface area contributed by atoms with Crippen LogP contribution in [0.15, 0.2) is 109 Å². The molecular weight excluding hydrogens is 723 g/mol. The third-order valence-electron chi connectivity index (χ3n) is 9.48. The van der Waals surface area contributed by atoms with Gasteiger partial charge in [-0.2, -0.15) is 0 Å². The zero-order chi connectivity index (χ0) is 41.6. The van der Waals surface area contributed by atoms with Crippen molar-refractivity contribution in [3.05, 3.63) is 120 Å². The molecule has 4 aromatic rings. The normalized spacial score (nSPS) is 14.2. The molecule has 0 radical (unpaired) electrons. The van der Waals surface area contributed by atoms with Gasteiger partial charge in [0.25, 0.3) is 5.91 Å². The first-order chi connectivity index (χ1) is 27.0. The fourth-order valence-corrected chi connectivity index (χ4v) is 6.38. The lowest BCUT2D eigenvalue weighted by Crippen LogP contribution is -2.59. The molecule has 57 heavy (non-hydrogen) atoms. The number of alkyl carbamates (subject to hydrolysis) is 1. The van der Waals surface area contributed by atoms with E-state index < -0.39 is 64.9 Å². The van der Waals surface area contributed by atoms with Gasteiger partial charge in [0, 0.05) is 17.8 Å². The summed E-state index contributed by atoms with van der Waals surface area (Å²) < 4.78 is 10.4. The molecule has 0 saturated carbocycles. The number of rotatable bonds is 17. The number of hydrogen-bond donors (Lipinski definition) is 5. The minimum atomic E-state index is -1.16. The molecule has 0 saturated heterocycles. The summed E-state index contributed by atoms with van der Waals surface area (Å²) in [5.41, 5.74) is 2.11. The Balaban J connectivity index is 1.60. The van der Waals surface area contributed by atoms with Gasteiger partial charge in [0.1, 0.15) is 17.8 Å². The van der Waals surface area contributed by atoms with E-state index in [0.29, 0.717) is 12.2 Å². The van der Waals surface area contributed by atoms with Gasteiger partial charge in [-0.25, -0.2) is 4.79 Å². The number of para-hydroxylation sites is 1. The first-order valence-corrected chi connectivity index (χ1v) is 19.2. The molecule has 1 heterocycles. The maximum atomic E-state index is 14.1. The SMILES string of the molecule is COC(=O)NC(C(=O)NC(Cc1ccc(-c2ccccn2)cc1)CC(O)C(Cc1ccccc1)NC(=O)C(NC(=O)COc1ccccc1)C(C)(C)C)C(C)(C)C. The second-order valence-electron chi connectivity index (χ2n) is 16.3. The fourth-order valence-electron chi connectivity index (χ4n) is 6.38. The number of hydrogen-bond acceptors (Lipinski definition) is 8. The average molecular weight is 780 g/mol. The number of benzene rings is 3. The summed E-state index contributed by atoms with van der Waals surface area (Å²) in [6, 6.07) is 28.5. The number of nitrogens with one attached hydrogen (secondary N) is 4. The molecule has 304 valence electrons. The molecule has 12 heteroatoms. The van der Waals surface area contributed by atoms with Crippen LogP contribution >= 0.6 is 0 Å². The fraction of sp³-hybridized carbons (Fsp3) is 0.400. The van der Waals surface area contributed by atoms with Crippen molar-refractivity contribution < 1.29 is 33.8 Å². The molecule has 0 aliphatic rings. The lowest BCUT2D eigenvalue weighted by Gasteiger charge is -2.35. The molecule has 0 bridgehead atoms. The molecule has 0 spiro atoms. The Hall–Kier alpha value is -5.75. The van der Waals surface area contributed by atoms with Gasteiger partial charge in [0.05, 0.1) is 24.9 Å². The second-order valence-corrected chi connectivity index (χ2v) is 16.3. The first kappa shape index (κ1) is 44.0. The summed E-state index contributed by atoms with van der Waals surface area (Å²) in [4.78, 5) is 57.9. The van der Waals surface area contributed by atoms with E-state index in [1.54, 1.807) is 30.5 Å². The van der Waals surface area contributed by atoms with Crippen LogP contribution in [0.2, 0.25) is 0 Å². The molecule has 5 N–H and O–H groups in total. The van der Waals surface area contributed by atoms with E-state index in [1.807, 2.05) is 120 Å². The number of ether oxygens (including phenoxy) is 2. The number of aliphatic hydroxyl groups is 1. The molecule has 12 nitrogen and oxygen atoms in total. The minimum Gasteiger partial charge on any atom is -0.484 e. The molecule has 4 rings (SSSR count). The monoisotopic (exact) mass is 779 g/mol. The molecule has 4 amide bonds. The van der Waals surface area contributed by atoms with E-state index in [4.69, 9.17) is 9.47 Å². The van der Waals surface area contributed by atoms with Crippen LogP contribution < -0.4 is 26.0 Å². The highest BCUT2D eigenvalue weighted by atomic mass is 16.5. The van der Waals surface area contributed by atoms with Crippen molar-refractivity contribution in [2.75, 3.05) is 13.7 Å². The van der Waals surface area contributed by atoms with Crippen molar-refractivity contribution in [1.82, 2.24) is 26.3 Å². The molecule has 0 aliphatic carbocycles. The van der Waals surface area contributed by atoms with Crippen molar-refractivity contribution in [2.24, 2.45) is 10.8 Å². The maximum absolute atomic E-state index is 14.1. The third-order valence-corrected chi connectivity index (χ3v) is 9.48. The highest BCUT2D eigenvalue weighted by Gasteiger charge is 2.37. The summed E-state index contributed by atoms with van der Waals surface area (Å²) in [6.45, 7) is 10.7. The first-order valence-electron chi connectivity index (χ1n) is 19.2. The summed E-state index contributed by atoms with van der Waals surface area (Å²) in [5, 5.41) is 23.7. The summed E-state index contributed by atoms with van der Waals surface area (Å²) in [7, 11) is 1.23. The molecule has 0 aliphatic heterocycles. The van der Waals surface area contributed by atoms with Crippen LogP contribution in [-0.4, -0.2) is 77.9 Å². The van der Waals surface area contributed by atoms with Gasteiger partial charge >= 0.3 is 6.09 Å². The van der Waals surface area contributed by atoms with Gasteiger partial charge in [-0.15, -0.1) is 0 Å². The zero-order valence-electron chi connectivity index (χ0n) is 34.0. The molecule has 0 fully saturated rings. The van der Waals surface area contributed by atoms with E-state index in [0.717, 1.165) is 22.4 Å². The molecule has 1 aromatic heterocycles. The Kier molecular flexibility index (Phi) is 15.8. The van der Waals surface area contributed by atoms with Crippen molar-refractivity contribution in [2.45, 2.75) is 91.1 Å². The number of carbonyl (C=O) groups excluding carboxylic acids is 4. The van der Waals surface area contributed by atoms with Crippen LogP contribution in [0.5, 0.6) is 5.75 Å². The number of methoxy groups -OCH3 is 1. The van der Waals surface area contributed by atoms with Crippen LogP contribution in [0.1, 0.15) is 59.1 Å². The van der Waals surface area contributed by atoms with E-state index in [1.165, 1.54) is 7.11 Å². The van der Waals surface area contributed by atoms with Crippen molar-refractivity contribution in [1.29, 1.82) is 0 Å². The summed E-state index contributed by atoms with van der Waals surface area (Å²) in [5.74, 6) is -0.876. The topological polar surface area (TPSA) is 168 Å². The smallest absolute Gasteiger partial charge is 0.407 e. The van der Waals surface area contributed by atoms with Gasteiger partial charge in [-0.05, 0) is 65.5 Å². The summed E-state index contributed by atoms with van der Waals surface area (Å²) >= 11 is 0. The number of carbonyl (C=O) groups is 4. The van der Waals surface area contributed by atoms with E-state index in [9.17, 15) is 24.3 Å². The Morgan fingerprint density at radius 2 is 1.23 bits per heavy atom. The predicted octanol–water partition coefficient (Wildman–Crippen LogP) is 5.64. The van der Waals surface area contributed by atoms with Crippen LogP contribution in [0, 0.1) is 10.8 Å². The lowest BCUT2D eigenvalue weighted by molar-refractivity contribution is -0.133. The standard InChI is InChI=1S/C45H57N5O7/c1-44(2,3)39(49-38(52)29-57-34-18-12-9-13-19-34)42(54)48-36(27-30-16-10-8-11-17-30)37(51)28-33(47-41(53)40(45(4,5)6)50-43(55)56-7)26-31-21-23-32(24-22-31)35-20-14-15-25-46-35/h8-25,33,36-37,39-40,51H,26-29H2,1-7H3,(H,47,53)(H,48,54)(H,49,52)(H,50,55). The predicted molar refractivity (Wildman–Crippen MR) is 220 cm³/mol. The Morgan fingerprint density at radius 3 is 1.81 bits per heavy atom. The Labute approximate surface area is 336 Å². The van der Waals surface area contributed by atoms with E-state index >= 15 is 0 Å². The van der Waals surface area contributed by atoms with Crippen molar-refractivity contribution >= 4 is 23.8 Å². The Bertz CT molecular complexity index is 1880. The number of aromatic nitrogens is 1. The molecule has 5 atom stereocenters. The van der Waals surface area contributed by atoms with Crippen molar-refractivity contribution in [3.8, 4) is 17.0 Å². The largest absolute Gasteiger partial charge is 0.484 e. The third kappa shape index (κ3) is 14.0. The maximum Gasteiger partial charge on any atom is 0.407 e. The minimum absolute atomic E-state index is 0.0397. The highest BCUT2D eigenvalue weighted by molar-refractivity contribution is 5.89. The van der Waals surface area contributed by atoms with Gasteiger partial charge in [-0.3, -0.25) is 19.4 Å². The number of aliphatic hydroxyl groups excluding tert-OH is 1. The van der Waals surface area contributed by atoms with Crippen molar-refractivity contribution in [3.63, 3.8) is 0 Å². The van der Waals surface area contributed by atoms with Gasteiger partial charge in [-0.1, -0.05) is 120 Å². The number of pyridine rings is 1. The van der Waals surface area contributed by atoms with E-state index in [-0.39, 0.29) is 19.4 Å². The van der Waals surface area contributed by atoms with Crippen LogP contribution in [0.25, 0.3) is 11.3 Å². The van der Waals surface area contributed by atoms with Crippen LogP contribution in [0.3, 0.4) is 0 Å². The van der Waals surface area contributed by atoms with Gasteiger partial charge in [0.15, 0.2) is 6.61 Å². The van der Waals surface area contributed by atoms with Crippen LogP contribution in [-0.2, 0) is 32.0 Å². The van der Waals surface area contributed by atoms with Gasteiger partial charge in [0.2, 0.25) is 11.8 Å².